The summed E-state index contributed by atoms with van der Waals surface area (Å²) in [4.78, 5) is 15.4. The van der Waals surface area contributed by atoms with Gasteiger partial charge in [-0.2, -0.15) is 0 Å². The highest BCUT2D eigenvalue weighted by molar-refractivity contribution is 7.13. The predicted molar refractivity (Wildman–Crippen MR) is 61.6 cm³/mol. The Morgan fingerprint density at radius 1 is 1.69 bits per heavy atom. The molecule has 1 aromatic heterocycles. The van der Waals surface area contributed by atoms with Crippen molar-refractivity contribution in [1.29, 1.82) is 0 Å². The summed E-state index contributed by atoms with van der Waals surface area (Å²) < 4.78 is 4.91. The highest BCUT2D eigenvalue weighted by Crippen LogP contribution is 2.25. The number of nitrogens with two attached hydrogens (primary N) is 1. The Labute approximate surface area is 98.3 Å². The second kappa shape index (κ2) is 5.93. The molecule has 1 rings (SSSR count). The van der Waals surface area contributed by atoms with Crippen LogP contribution >= 0.6 is 11.3 Å². The Morgan fingerprint density at radius 3 is 2.88 bits per heavy atom. The van der Waals surface area contributed by atoms with E-state index in [-0.39, 0.29) is 17.5 Å². The van der Waals surface area contributed by atoms with Crippen LogP contribution in [0.5, 0.6) is 0 Å². The van der Waals surface area contributed by atoms with E-state index in [1.54, 1.807) is 0 Å². The maximum absolute atomic E-state index is 11.0. The number of methoxy groups -OCH3 is 1. The third kappa shape index (κ3) is 3.01. The molecule has 0 spiro atoms. The van der Waals surface area contributed by atoms with E-state index in [1.807, 2.05) is 6.92 Å². The molecule has 0 saturated carbocycles. The minimum Gasteiger partial charge on any atom is -0.477 e. The van der Waals surface area contributed by atoms with E-state index in [1.165, 1.54) is 7.11 Å². The first-order valence-electron chi connectivity index (χ1n) is 5.07. The number of carbonyl (C=O) groups is 1. The van der Waals surface area contributed by atoms with Crippen LogP contribution < -0.4 is 5.73 Å². The average molecular weight is 244 g/mol. The molecule has 90 valence electrons. The van der Waals surface area contributed by atoms with Gasteiger partial charge in [0, 0.05) is 7.11 Å². The molecule has 1 atom stereocenters. The van der Waals surface area contributed by atoms with E-state index in [2.05, 4.69) is 4.98 Å². The SMILES string of the molecule is CCCC(N)c1nc(COC)c(C(=O)O)s1. The number of rotatable bonds is 6. The Balaban J connectivity index is 2.96. The van der Waals surface area contributed by atoms with Gasteiger partial charge in [0.05, 0.1) is 18.3 Å². The van der Waals surface area contributed by atoms with E-state index in [4.69, 9.17) is 15.6 Å². The van der Waals surface area contributed by atoms with Crippen molar-refractivity contribution in [2.75, 3.05) is 7.11 Å². The number of aromatic nitrogens is 1. The number of aromatic carboxylic acids is 1. The van der Waals surface area contributed by atoms with Gasteiger partial charge in [-0.25, -0.2) is 9.78 Å². The highest BCUT2D eigenvalue weighted by Gasteiger charge is 2.19. The van der Waals surface area contributed by atoms with Crippen LogP contribution in [0.25, 0.3) is 0 Å². The number of thiazole rings is 1. The van der Waals surface area contributed by atoms with E-state index < -0.39 is 5.97 Å². The third-order valence-corrected chi connectivity index (χ3v) is 3.32. The molecule has 1 unspecified atom stereocenters. The molecule has 0 amide bonds. The topological polar surface area (TPSA) is 85.4 Å². The number of carboxylic acids is 1. The zero-order chi connectivity index (χ0) is 12.1. The zero-order valence-corrected chi connectivity index (χ0v) is 10.2. The van der Waals surface area contributed by atoms with E-state index in [9.17, 15) is 4.79 Å². The van der Waals surface area contributed by atoms with Gasteiger partial charge in [-0.3, -0.25) is 0 Å². The molecule has 0 aromatic carbocycles. The Morgan fingerprint density at radius 2 is 2.38 bits per heavy atom. The van der Waals surface area contributed by atoms with Gasteiger partial charge < -0.3 is 15.6 Å². The normalized spacial score (nSPS) is 12.7. The molecule has 0 radical (unpaired) electrons. The van der Waals surface area contributed by atoms with E-state index in [0.29, 0.717) is 10.7 Å². The summed E-state index contributed by atoms with van der Waals surface area (Å²) in [7, 11) is 1.51. The lowest BCUT2D eigenvalue weighted by Crippen LogP contribution is -2.09. The first kappa shape index (κ1) is 13.1. The Hall–Kier alpha value is -0.980. The summed E-state index contributed by atoms with van der Waals surface area (Å²) in [5.74, 6) is -0.973. The summed E-state index contributed by atoms with van der Waals surface area (Å²) in [6.45, 7) is 2.23. The van der Waals surface area contributed by atoms with Crippen LogP contribution in [0.2, 0.25) is 0 Å². The Bertz CT molecular complexity index is 365. The van der Waals surface area contributed by atoms with Gasteiger partial charge in [0.2, 0.25) is 0 Å². The highest BCUT2D eigenvalue weighted by atomic mass is 32.1. The number of ether oxygens (including phenoxy) is 1. The lowest BCUT2D eigenvalue weighted by molar-refractivity contribution is 0.0697. The quantitative estimate of drug-likeness (QED) is 0.796. The molecule has 5 nitrogen and oxygen atoms in total. The molecule has 16 heavy (non-hydrogen) atoms. The maximum atomic E-state index is 11.0. The molecule has 1 heterocycles. The summed E-state index contributed by atoms with van der Waals surface area (Å²) in [5, 5.41) is 9.66. The van der Waals surface area contributed by atoms with Crippen LogP contribution in [0, 0.1) is 0 Å². The van der Waals surface area contributed by atoms with Gasteiger partial charge >= 0.3 is 5.97 Å². The van der Waals surface area contributed by atoms with Crippen LogP contribution in [-0.2, 0) is 11.3 Å². The van der Waals surface area contributed by atoms with E-state index >= 15 is 0 Å². The van der Waals surface area contributed by atoms with Crippen molar-refractivity contribution in [3.8, 4) is 0 Å². The van der Waals surface area contributed by atoms with Crippen molar-refractivity contribution >= 4 is 17.3 Å². The molecule has 0 saturated heterocycles. The second-order valence-electron chi connectivity index (χ2n) is 3.46. The van der Waals surface area contributed by atoms with Crippen LogP contribution in [0.4, 0.5) is 0 Å². The molecular formula is C10H16N2O3S. The number of nitrogens with zero attached hydrogens (tertiary/aromatic N) is 1. The van der Waals surface area contributed by atoms with Gasteiger partial charge in [0.15, 0.2) is 0 Å². The molecule has 0 aliphatic heterocycles. The molecule has 0 aliphatic carbocycles. The lowest BCUT2D eigenvalue weighted by atomic mass is 10.2. The first-order valence-corrected chi connectivity index (χ1v) is 5.89. The zero-order valence-electron chi connectivity index (χ0n) is 9.40. The van der Waals surface area contributed by atoms with Gasteiger partial charge in [-0.1, -0.05) is 13.3 Å². The van der Waals surface area contributed by atoms with Crippen molar-refractivity contribution in [3.05, 3.63) is 15.6 Å². The first-order chi connectivity index (χ1) is 7.60. The van der Waals surface area contributed by atoms with E-state index in [0.717, 1.165) is 24.2 Å². The lowest BCUT2D eigenvalue weighted by Gasteiger charge is -2.04. The molecule has 0 aliphatic rings. The predicted octanol–water partition coefficient (Wildman–Crippen LogP) is 1.79. The molecule has 3 N–H and O–H groups in total. The fraction of sp³-hybridized carbons (Fsp3) is 0.600. The van der Waals surface area contributed by atoms with Crippen LogP contribution in [-0.4, -0.2) is 23.2 Å². The van der Waals surface area contributed by atoms with Crippen LogP contribution in [0.15, 0.2) is 0 Å². The van der Waals surface area contributed by atoms with Crippen molar-refractivity contribution in [2.24, 2.45) is 5.73 Å². The smallest absolute Gasteiger partial charge is 0.347 e. The maximum Gasteiger partial charge on any atom is 0.347 e. The average Bonchev–Trinajstić information content (AvgIpc) is 2.63. The van der Waals surface area contributed by atoms with Crippen LogP contribution in [0.3, 0.4) is 0 Å². The third-order valence-electron chi connectivity index (χ3n) is 2.11. The molecule has 1 aromatic rings. The largest absolute Gasteiger partial charge is 0.477 e. The van der Waals surface area contributed by atoms with Crippen molar-refractivity contribution < 1.29 is 14.6 Å². The monoisotopic (exact) mass is 244 g/mol. The summed E-state index contributed by atoms with van der Waals surface area (Å²) >= 11 is 1.14. The summed E-state index contributed by atoms with van der Waals surface area (Å²) in [5.41, 5.74) is 6.36. The summed E-state index contributed by atoms with van der Waals surface area (Å²) in [6.07, 6.45) is 1.75. The van der Waals surface area contributed by atoms with Gasteiger partial charge in [-0.05, 0) is 6.42 Å². The number of hydrogen-bond acceptors (Lipinski definition) is 5. The van der Waals surface area contributed by atoms with Crippen molar-refractivity contribution in [2.45, 2.75) is 32.4 Å². The number of carboxylic acid groups (broad SMARTS) is 1. The second-order valence-corrected chi connectivity index (χ2v) is 4.49. The van der Waals surface area contributed by atoms with Gasteiger partial charge in [0.25, 0.3) is 0 Å². The minimum absolute atomic E-state index is 0.182. The fourth-order valence-corrected chi connectivity index (χ4v) is 2.31. The van der Waals surface area contributed by atoms with Crippen molar-refractivity contribution in [1.82, 2.24) is 4.98 Å². The molecular weight excluding hydrogens is 228 g/mol. The van der Waals surface area contributed by atoms with Gasteiger partial charge in [-0.15, -0.1) is 11.3 Å². The molecule has 0 fully saturated rings. The minimum atomic E-state index is -0.973. The molecule has 0 bridgehead atoms. The fourth-order valence-electron chi connectivity index (χ4n) is 1.36. The standard InChI is InChI=1S/C10H16N2O3S/c1-3-4-6(11)9-12-7(5-15-2)8(16-9)10(13)14/h6H,3-5,11H2,1-2H3,(H,13,14). The van der Waals surface area contributed by atoms with Crippen LogP contribution in [0.1, 0.15) is 46.2 Å². The number of hydrogen-bond donors (Lipinski definition) is 2. The molecule has 6 heteroatoms. The van der Waals surface area contributed by atoms with Gasteiger partial charge in [0.1, 0.15) is 9.88 Å². The Kier molecular flexibility index (Phi) is 4.85. The van der Waals surface area contributed by atoms with Crippen molar-refractivity contribution in [3.63, 3.8) is 0 Å². The summed E-state index contributed by atoms with van der Waals surface area (Å²) in [6, 6.07) is -0.182.